The molecule has 0 spiro atoms. The van der Waals surface area contributed by atoms with Crippen molar-refractivity contribution in [3.63, 3.8) is 0 Å². The van der Waals surface area contributed by atoms with Crippen LogP contribution in [0.4, 0.5) is 0 Å². The smallest absolute Gasteiger partial charge is 0.0662 e. The molecule has 1 N–H and O–H groups in total. The zero-order chi connectivity index (χ0) is 11.4. The minimum atomic E-state index is -0.118. The molecule has 2 rings (SSSR count). The molecule has 0 aromatic heterocycles. The molecule has 1 aromatic carbocycles. The highest BCUT2D eigenvalue weighted by Crippen LogP contribution is 2.30. The summed E-state index contributed by atoms with van der Waals surface area (Å²) in [5.74, 6) is 1.39. The Hall–Kier alpha value is -0.470. The highest BCUT2D eigenvalue weighted by atomic mass is 32.2. The van der Waals surface area contributed by atoms with Crippen LogP contribution >= 0.6 is 11.8 Å². The van der Waals surface area contributed by atoms with E-state index in [1.54, 1.807) is 11.8 Å². The molecule has 2 heteroatoms. The van der Waals surface area contributed by atoms with Gasteiger partial charge in [0.25, 0.3) is 0 Å². The summed E-state index contributed by atoms with van der Waals surface area (Å²) in [6.45, 7) is 2.11. The van der Waals surface area contributed by atoms with Gasteiger partial charge in [0, 0.05) is 10.6 Å². The normalized spacial score (nSPS) is 18.9. The quantitative estimate of drug-likeness (QED) is 0.805. The van der Waals surface area contributed by atoms with Crippen LogP contribution in [0.3, 0.4) is 0 Å². The molecule has 0 radical (unpaired) electrons. The molecule has 1 atom stereocenters. The Labute approximate surface area is 102 Å². The van der Waals surface area contributed by atoms with Gasteiger partial charge in [0.1, 0.15) is 0 Å². The van der Waals surface area contributed by atoms with Gasteiger partial charge in [-0.2, -0.15) is 0 Å². The van der Waals surface area contributed by atoms with Crippen molar-refractivity contribution >= 4 is 11.8 Å². The monoisotopic (exact) mass is 236 g/mol. The third-order valence-corrected chi connectivity index (χ3v) is 4.45. The predicted octanol–water partition coefficient (Wildman–Crippen LogP) is 3.64. The van der Waals surface area contributed by atoms with Gasteiger partial charge in [-0.3, -0.25) is 0 Å². The summed E-state index contributed by atoms with van der Waals surface area (Å²) in [5.41, 5.74) is 1.29. The van der Waals surface area contributed by atoms with Crippen LogP contribution in [0.5, 0.6) is 0 Å². The van der Waals surface area contributed by atoms with E-state index in [4.69, 9.17) is 0 Å². The topological polar surface area (TPSA) is 20.2 Å². The standard InChI is InChI=1S/C14H20OS/c1-11-5-4-8-13(9-11)16-10-14(15)12-6-2-3-7-12/h4-5,8-9,12,14-15H,2-3,6-7,10H2,1H3. The van der Waals surface area contributed by atoms with Crippen molar-refractivity contribution in [2.45, 2.75) is 43.6 Å². The summed E-state index contributed by atoms with van der Waals surface area (Å²) < 4.78 is 0. The average Bonchev–Trinajstić information content (AvgIpc) is 2.79. The number of rotatable bonds is 4. The van der Waals surface area contributed by atoms with Crippen molar-refractivity contribution in [2.24, 2.45) is 5.92 Å². The summed E-state index contributed by atoms with van der Waals surface area (Å²) in [6.07, 6.45) is 4.92. The molecule has 1 nitrogen and oxygen atoms in total. The van der Waals surface area contributed by atoms with Gasteiger partial charge in [-0.05, 0) is 37.8 Å². The first-order chi connectivity index (χ1) is 7.75. The van der Waals surface area contributed by atoms with Crippen molar-refractivity contribution in [3.05, 3.63) is 29.8 Å². The molecule has 1 aliphatic rings. The summed E-state index contributed by atoms with van der Waals surface area (Å²) in [4.78, 5) is 1.28. The van der Waals surface area contributed by atoms with E-state index in [-0.39, 0.29) is 6.10 Å². The summed E-state index contributed by atoms with van der Waals surface area (Å²) in [6, 6.07) is 8.50. The maximum atomic E-state index is 10.1. The van der Waals surface area contributed by atoms with Gasteiger partial charge < -0.3 is 5.11 Å². The molecule has 1 fully saturated rings. The number of hydrogen-bond donors (Lipinski definition) is 1. The van der Waals surface area contributed by atoms with Crippen LogP contribution in [0.2, 0.25) is 0 Å². The van der Waals surface area contributed by atoms with Crippen molar-refractivity contribution in [3.8, 4) is 0 Å². The second kappa shape index (κ2) is 5.74. The first-order valence-electron chi connectivity index (χ1n) is 6.13. The van der Waals surface area contributed by atoms with E-state index in [0.717, 1.165) is 5.75 Å². The molecule has 0 heterocycles. The third-order valence-electron chi connectivity index (χ3n) is 3.35. The Morgan fingerprint density at radius 3 is 2.81 bits per heavy atom. The lowest BCUT2D eigenvalue weighted by Crippen LogP contribution is -2.20. The molecule has 0 bridgehead atoms. The summed E-state index contributed by atoms with van der Waals surface area (Å²) in [5, 5.41) is 10.1. The molecule has 16 heavy (non-hydrogen) atoms. The first kappa shape index (κ1) is 12.0. The van der Waals surface area contributed by atoms with E-state index in [9.17, 15) is 5.11 Å². The van der Waals surface area contributed by atoms with Gasteiger partial charge in [-0.15, -0.1) is 11.8 Å². The van der Waals surface area contributed by atoms with Gasteiger partial charge in [0.2, 0.25) is 0 Å². The molecule has 0 amide bonds. The number of aliphatic hydroxyl groups excluding tert-OH is 1. The van der Waals surface area contributed by atoms with Crippen LogP contribution in [0, 0.1) is 12.8 Å². The molecule has 1 unspecified atom stereocenters. The third kappa shape index (κ3) is 3.26. The minimum Gasteiger partial charge on any atom is -0.392 e. The lowest BCUT2D eigenvalue weighted by Gasteiger charge is -2.17. The van der Waals surface area contributed by atoms with E-state index in [1.165, 1.54) is 36.1 Å². The molecular weight excluding hydrogens is 216 g/mol. The van der Waals surface area contributed by atoms with Crippen molar-refractivity contribution in [1.82, 2.24) is 0 Å². The fourth-order valence-electron chi connectivity index (χ4n) is 2.36. The molecule has 1 saturated carbocycles. The number of aliphatic hydroxyl groups is 1. The van der Waals surface area contributed by atoms with E-state index in [0.29, 0.717) is 5.92 Å². The molecule has 1 aromatic rings. The van der Waals surface area contributed by atoms with Gasteiger partial charge in [0.15, 0.2) is 0 Å². The fraction of sp³-hybridized carbons (Fsp3) is 0.571. The number of aryl methyl sites for hydroxylation is 1. The maximum Gasteiger partial charge on any atom is 0.0662 e. The number of hydrogen-bond acceptors (Lipinski definition) is 2. The van der Waals surface area contributed by atoms with Gasteiger partial charge >= 0.3 is 0 Å². The first-order valence-corrected chi connectivity index (χ1v) is 7.12. The van der Waals surface area contributed by atoms with Gasteiger partial charge in [0.05, 0.1) is 6.10 Å². The van der Waals surface area contributed by atoms with Gasteiger partial charge in [-0.25, -0.2) is 0 Å². The molecule has 88 valence electrons. The molecule has 1 aliphatic carbocycles. The predicted molar refractivity (Wildman–Crippen MR) is 69.9 cm³/mol. The Morgan fingerprint density at radius 2 is 2.12 bits per heavy atom. The van der Waals surface area contributed by atoms with Crippen LogP contribution in [0.1, 0.15) is 31.2 Å². The van der Waals surface area contributed by atoms with Crippen LogP contribution in [-0.4, -0.2) is 17.0 Å². The lowest BCUT2D eigenvalue weighted by molar-refractivity contribution is 0.133. The van der Waals surface area contributed by atoms with E-state index in [1.807, 2.05) is 0 Å². The minimum absolute atomic E-state index is 0.118. The van der Waals surface area contributed by atoms with Crippen molar-refractivity contribution in [1.29, 1.82) is 0 Å². The van der Waals surface area contributed by atoms with E-state index in [2.05, 4.69) is 31.2 Å². The SMILES string of the molecule is Cc1cccc(SCC(O)C2CCCC2)c1. The summed E-state index contributed by atoms with van der Waals surface area (Å²) in [7, 11) is 0. The largest absolute Gasteiger partial charge is 0.392 e. The van der Waals surface area contributed by atoms with Gasteiger partial charge in [-0.1, -0.05) is 30.5 Å². The second-order valence-corrected chi connectivity index (χ2v) is 5.83. The van der Waals surface area contributed by atoms with Crippen LogP contribution in [0.15, 0.2) is 29.2 Å². The molecule has 0 saturated heterocycles. The Morgan fingerprint density at radius 1 is 1.38 bits per heavy atom. The maximum absolute atomic E-state index is 10.1. The Balaban J connectivity index is 1.82. The second-order valence-electron chi connectivity index (χ2n) is 4.74. The highest BCUT2D eigenvalue weighted by molar-refractivity contribution is 7.99. The summed E-state index contributed by atoms with van der Waals surface area (Å²) >= 11 is 1.78. The van der Waals surface area contributed by atoms with Crippen LogP contribution in [0.25, 0.3) is 0 Å². The van der Waals surface area contributed by atoms with Crippen LogP contribution in [-0.2, 0) is 0 Å². The zero-order valence-electron chi connectivity index (χ0n) is 9.86. The number of thioether (sulfide) groups is 1. The number of benzene rings is 1. The van der Waals surface area contributed by atoms with Crippen LogP contribution < -0.4 is 0 Å². The average molecular weight is 236 g/mol. The lowest BCUT2D eigenvalue weighted by atomic mass is 10.0. The highest BCUT2D eigenvalue weighted by Gasteiger charge is 2.22. The zero-order valence-corrected chi connectivity index (χ0v) is 10.7. The van der Waals surface area contributed by atoms with Crippen molar-refractivity contribution in [2.75, 3.05) is 5.75 Å². The fourth-order valence-corrected chi connectivity index (χ4v) is 3.44. The molecule has 0 aliphatic heterocycles. The van der Waals surface area contributed by atoms with E-state index >= 15 is 0 Å². The Bertz CT molecular complexity index is 331. The van der Waals surface area contributed by atoms with E-state index < -0.39 is 0 Å². The molecular formula is C14H20OS. The Kier molecular flexibility index (Phi) is 4.30. The van der Waals surface area contributed by atoms with Crippen molar-refractivity contribution < 1.29 is 5.11 Å².